The summed E-state index contributed by atoms with van der Waals surface area (Å²) in [5, 5.41) is 7.86. The van der Waals surface area contributed by atoms with Crippen LogP contribution in [0.5, 0.6) is 0 Å². The topological polar surface area (TPSA) is 136 Å². The third kappa shape index (κ3) is 10.7. The van der Waals surface area contributed by atoms with Gasteiger partial charge < -0.3 is 25.4 Å². The summed E-state index contributed by atoms with van der Waals surface area (Å²) >= 11 is 0. The van der Waals surface area contributed by atoms with Crippen LogP contribution in [0.15, 0.2) is 54.9 Å². The molecule has 10 nitrogen and oxygen atoms in total. The van der Waals surface area contributed by atoms with Gasteiger partial charge in [-0.15, -0.1) is 0 Å². The number of pyridine rings is 1. The average Bonchev–Trinajstić information content (AvgIpc) is 2.80. The highest BCUT2D eigenvalue weighted by Crippen LogP contribution is 2.21. The number of aromatic nitrogens is 1. The molecule has 0 fully saturated rings. The molecule has 0 aliphatic rings. The number of alkyl carbamates (subject to hydrolysis) is 1. The van der Waals surface area contributed by atoms with Crippen LogP contribution in [0.25, 0.3) is 0 Å². The quantitative estimate of drug-likeness (QED) is 0.437. The monoisotopic (exact) mass is 512 g/mol. The molecule has 200 valence electrons. The lowest BCUT2D eigenvalue weighted by Gasteiger charge is -2.31. The molecule has 3 N–H and O–H groups in total. The number of ether oxygens (including phenoxy) is 2. The molecule has 0 aliphatic heterocycles. The zero-order valence-electron chi connectivity index (χ0n) is 22.2. The van der Waals surface area contributed by atoms with Crippen LogP contribution in [0.2, 0.25) is 0 Å². The van der Waals surface area contributed by atoms with E-state index in [2.05, 4.69) is 20.9 Å². The van der Waals surface area contributed by atoms with Crippen molar-refractivity contribution in [3.8, 4) is 0 Å². The molecule has 0 saturated carbocycles. The van der Waals surface area contributed by atoms with Crippen molar-refractivity contribution in [2.24, 2.45) is 5.41 Å². The summed E-state index contributed by atoms with van der Waals surface area (Å²) < 4.78 is 10.6. The van der Waals surface area contributed by atoms with Gasteiger partial charge in [0.25, 0.3) is 0 Å². The van der Waals surface area contributed by atoms with Gasteiger partial charge in [-0.05, 0) is 43.9 Å². The maximum atomic E-state index is 13.0. The fraction of sp³-hybridized carbons (Fsp3) is 0.444. The number of hydrogen-bond donors (Lipinski definition) is 3. The Kier molecular flexibility index (Phi) is 10.2. The van der Waals surface area contributed by atoms with Gasteiger partial charge in [0, 0.05) is 18.1 Å². The van der Waals surface area contributed by atoms with Crippen molar-refractivity contribution in [2.45, 2.75) is 72.3 Å². The second kappa shape index (κ2) is 12.8. The average molecular weight is 513 g/mol. The number of benzene rings is 1. The summed E-state index contributed by atoms with van der Waals surface area (Å²) in [6.45, 7) is 10.4. The zero-order valence-corrected chi connectivity index (χ0v) is 22.2. The molecule has 2 aromatic rings. The molecule has 2 atom stereocenters. The van der Waals surface area contributed by atoms with Gasteiger partial charge in [-0.3, -0.25) is 14.6 Å². The fourth-order valence-electron chi connectivity index (χ4n) is 3.20. The van der Waals surface area contributed by atoms with E-state index in [0.29, 0.717) is 5.69 Å². The van der Waals surface area contributed by atoms with Crippen LogP contribution < -0.4 is 16.0 Å². The molecule has 10 heteroatoms. The Morgan fingerprint density at radius 2 is 1.51 bits per heavy atom. The van der Waals surface area contributed by atoms with Crippen molar-refractivity contribution < 1.29 is 28.7 Å². The number of hydrogen-bond acceptors (Lipinski definition) is 7. The summed E-state index contributed by atoms with van der Waals surface area (Å²) in [5.41, 5.74) is -0.198. The number of amides is 3. The third-order valence-electron chi connectivity index (χ3n) is 4.97. The maximum Gasteiger partial charge on any atom is 0.408 e. The highest BCUT2D eigenvalue weighted by Gasteiger charge is 2.35. The molecule has 0 aliphatic carbocycles. The maximum absolute atomic E-state index is 13.0. The predicted molar refractivity (Wildman–Crippen MR) is 138 cm³/mol. The molecule has 0 spiro atoms. The number of nitrogens with zero attached hydrogens (tertiary/aromatic N) is 1. The van der Waals surface area contributed by atoms with Crippen LogP contribution >= 0.6 is 0 Å². The SMILES string of the molecule is CC(C)(C)OC(=O)N[C@H](CC(=O)N[C@H](C(=O)Nc1ccncc1)C(C)(C)C)C(=O)OCc1ccccc1. The molecule has 0 bridgehead atoms. The Morgan fingerprint density at radius 3 is 2.08 bits per heavy atom. The first kappa shape index (κ1) is 29.3. The highest BCUT2D eigenvalue weighted by molar-refractivity contribution is 5.98. The van der Waals surface area contributed by atoms with E-state index in [1.165, 1.54) is 12.4 Å². The Bertz CT molecular complexity index is 1060. The Labute approximate surface area is 217 Å². The van der Waals surface area contributed by atoms with E-state index in [9.17, 15) is 19.2 Å². The smallest absolute Gasteiger partial charge is 0.408 e. The summed E-state index contributed by atoms with van der Waals surface area (Å²) in [6.07, 6.45) is 1.75. The third-order valence-corrected chi connectivity index (χ3v) is 4.97. The van der Waals surface area contributed by atoms with Crippen molar-refractivity contribution in [3.05, 3.63) is 60.4 Å². The number of nitrogens with one attached hydrogen (secondary N) is 3. The molecular formula is C27H36N4O6. The van der Waals surface area contributed by atoms with Crippen LogP contribution in [0.1, 0.15) is 53.5 Å². The molecule has 1 aromatic heterocycles. The molecule has 0 saturated heterocycles. The first-order valence-corrected chi connectivity index (χ1v) is 11.9. The first-order valence-electron chi connectivity index (χ1n) is 11.9. The molecular weight excluding hydrogens is 476 g/mol. The van der Waals surface area contributed by atoms with Gasteiger partial charge in [0.05, 0.1) is 6.42 Å². The second-order valence-electron chi connectivity index (χ2n) is 10.6. The van der Waals surface area contributed by atoms with Gasteiger partial charge in [-0.1, -0.05) is 51.1 Å². The molecule has 3 amide bonds. The van der Waals surface area contributed by atoms with E-state index in [0.717, 1.165) is 5.56 Å². The van der Waals surface area contributed by atoms with Gasteiger partial charge in [-0.2, -0.15) is 0 Å². The fourth-order valence-corrected chi connectivity index (χ4v) is 3.20. The van der Waals surface area contributed by atoms with Crippen molar-refractivity contribution in [3.63, 3.8) is 0 Å². The van der Waals surface area contributed by atoms with Gasteiger partial charge in [-0.25, -0.2) is 9.59 Å². The zero-order chi connectivity index (χ0) is 27.6. The Hall–Kier alpha value is -3.95. The molecule has 37 heavy (non-hydrogen) atoms. The summed E-state index contributed by atoms with van der Waals surface area (Å²) in [6, 6.07) is 9.99. The number of carbonyl (C=O) groups excluding carboxylic acids is 4. The van der Waals surface area contributed by atoms with Crippen molar-refractivity contribution in [2.75, 3.05) is 5.32 Å². The summed E-state index contributed by atoms with van der Waals surface area (Å²) in [7, 11) is 0. The van der Waals surface area contributed by atoms with Crippen LogP contribution in [0, 0.1) is 5.41 Å². The Morgan fingerprint density at radius 1 is 0.892 bits per heavy atom. The minimum absolute atomic E-state index is 0.0350. The van der Waals surface area contributed by atoms with E-state index in [4.69, 9.17) is 9.47 Å². The second-order valence-corrected chi connectivity index (χ2v) is 10.6. The van der Waals surface area contributed by atoms with Crippen LogP contribution in [-0.4, -0.2) is 46.5 Å². The van der Waals surface area contributed by atoms with E-state index in [1.807, 2.05) is 6.07 Å². The number of anilines is 1. The lowest BCUT2D eigenvalue weighted by molar-refractivity contribution is -0.149. The largest absolute Gasteiger partial charge is 0.459 e. The van der Waals surface area contributed by atoms with Crippen LogP contribution in [-0.2, 0) is 30.5 Å². The van der Waals surface area contributed by atoms with Crippen molar-refractivity contribution in [1.29, 1.82) is 0 Å². The van der Waals surface area contributed by atoms with Crippen LogP contribution in [0.3, 0.4) is 0 Å². The standard InChI is InChI=1S/C27H36N4O6/c1-26(2,3)22(23(33)29-19-12-14-28-15-13-19)31-21(32)16-20(30-25(35)37-27(4,5)6)24(34)36-17-18-10-8-7-9-11-18/h7-15,20,22H,16-17H2,1-6H3,(H,30,35)(H,31,32)(H,28,29,33)/t20-,22-/m1/s1. The number of esters is 1. The van der Waals surface area contributed by atoms with Crippen LogP contribution in [0.4, 0.5) is 10.5 Å². The molecule has 1 aromatic carbocycles. The van der Waals surface area contributed by atoms with Gasteiger partial charge in [0.1, 0.15) is 24.3 Å². The van der Waals surface area contributed by atoms with E-state index in [-0.39, 0.29) is 6.61 Å². The van der Waals surface area contributed by atoms with Gasteiger partial charge in [0.2, 0.25) is 11.8 Å². The van der Waals surface area contributed by atoms with E-state index >= 15 is 0 Å². The van der Waals surface area contributed by atoms with E-state index in [1.54, 1.807) is 77.9 Å². The van der Waals surface area contributed by atoms with E-state index < -0.39 is 53.4 Å². The Balaban J connectivity index is 2.13. The molecule has 2 rings (SSSR count). The first-order chi connectivity index (χ1) is 17.2. The molecule has 0 radical (unpaired) electrons. The molecule has 0 unspecified atom stereocenters. The predicted octanol–water partition coefficient (Wildman–Crippen LogP) is 3.58. The molecule has 1 heterocycles. The van der Waals surface area contributed by atoms with Gasteiger partial charge in [0.15, 0.2) is 0 Å². The lowest BCUT2D eigenvalue weighted by atomic mass is 9.86. The minimum atomic E-state index is -1.33. The summed E-state index contributed by atoms with van der Waals surface area (Å²) in [4.78, 5) is 55.1. The highest BCUT2D eigenvalue weighted by atomic mass is 16.6. The summed E-state index contributed by atoms with van der Waals surface area (Å²) in [5.74, 6) is -1.86. The number of carbonyl (C=O) groups is 4. The minimum Gasteiger partial charge on any atom is -0.459 e. The normalized spacial score (nSPS) is 13.0. The van der Waals surface area contributed by atoms with Crippen molar-refractivity contribution >= 4 is 29.6 Å². The lowest BCUT2D eigenvalue weighted by Crippen LogP contribution is -2.53. The number of rotatable bonds is 9. The van der Waals surface area contributed by atoms with Crippen molar-refractivity contribution in [1.82, 2.24) is 15.6 Å². The van der Waals surface area contributed by atoms with Gasteiger partial charge >= 0.3 is 12.1 Å².